The Morgan fingerprint density at radius 2 is 1.59 bits per heavy atom. The molecule has 148 valence electrons. The second-order valence-corrected chi connectivity index (χ2v) is 6.83. The van der Waals surface area contributed by atoms with Crippen molar-refractivity contribution in [2.75, 3.05) is 0 Å². The first-order chi connectivity index (χ1) is 12.6. The van der Waals surface area contributed by atoms with Crippen LogP contribution in [0.3, 0.4) is 0 Å². The van der Waals surface area contributed by atoms with E-state index in [9.17, 15) is 26.3 Å². The van der Waals surface area contributed by atoms with Crippen LogP contribution in [0.25, 0.3) is 10.8 Å². The van der Waals surface area contributed by atoms with E-state index in [0.29, 0.717) is 10.9 Å². The van der Waals surface area contributed by atoms with Gasteiger partial charge in [0.1, 0.15) is 11.3 Å². The van der Waals surface area contributed by atoms with Crippen molar-refractivity contribution in [3.8, 4) is 5.75 Å². The van der Waals surface area contributed by atoms with Crippen molar-refractivity contribution in [3.05, 3.63) is 41.5 Å². The first kappa shape index (κ1) is 19.8. The first-order valence-corrected chi connectivity index (χ1v) is 8.66. The maximum Gasteiger partial charge on any atom is 0.420 e. The normalized spacial score (nSPS) is 21.4. The van der Waals surface area contributed by atoms with Crippen molar-refractivity contribution in [1.29, 1.82) is 0 Å². The highest BCUT2D eigenvalue weighted by Crippen LogP contribution is 2.44. The van der Waals surface area contributed by atoms with E-state index < -0.39 is 29.9 Å². The molecule has 0 bridgehead atoms. The smallest absolute Gasteiger partial charge is 0.420 e. The van der Waals surface area contributed by atoms with Gasteiger partial charge in [-0.2, -0.15) is 26.3 Å². The zero-order valence-electron chi connectivity index (χ0n) is 14.3. The molecule has 0 saturated heterocycles. The van der Waals surface area contributed by atoms with E-state index in [-0.39, 0.29) is 43.4 Å². The molecule has 0 atom stereocenters. The van der Waals surface area contributed by atoms with Gasteiger partial charge in [-0.1, -0.05) is 18.2 Å². The maximum atomic E-state index is 13.7. The largest absolute Gasteiger partial charge is 0.490 e. The van der Waals surface area contributed by atoms with Gasteiger partial charge in [0, 0.05) is 6.54 Å². The predicted octanol–water partition coefficient (Wildman–Crippen LogP) is 5.82. The van der Waals surface area contributed by atoms with Gasteiger partial charge in [0.05, 0.1) is 12.0 Å². The molecule has 1 aliphatic rings. The zero-order chi connectivity index (χ0) is 19.8. The van der Waals surface area contributed by atoms with Gasteiger partial charge in [-0.25, -0.2) is 0 Å². The minimum atomic E-state index is -4.65. The Bertz CT molecular complexity index is 806. The number of halogens is 6. The van der Waals surface area contributed by atoms with E-state index in [1.54, 1.807) is 6.07 Å². The quantitative estimate of drug-likeness (QED) is 0.670. The lowest BCUT2D eigenvalue weighted by Crippen LogP contribution is -2.32. The summed E-state index contributed by atoms with van der Waals surface area (Å²) in [6.07, 6.45) is -9.71. The second kappa shape index (κ2) is 7.22. The van der Waals surface area contributed by atoms with Crippen molar-refractivity contribution >= 4 is 10.8 Å². The Hall–Kier alpha value is -1.96. The average Bonchev–Trinajstić information content (AvgIpc) is 2.59. The molecule has 0 unspecified atom stereocenters. The Labute approximate surface area is 152 Å². The molecular weight excluding hydrogens is 372 g/mol. The summed E-state index contributed by atoms with van der Waals surface area (Å²) < 4.78 is 84.8. The SMILES string of the molecule is NCc1ccc2c(C(F)(F)F)c(OC3CCC(C(F)(F)F)CC3)ccc2c1. The molecular formula is C19H19F6NO. The fourth-order valence-corrected chi connectivity index (χ4v) is 3.56. The molecule has 2 aromatic rings. The maximum absolute atomic E-state index is 13.7. The summed E-state index contributed by atoms with van der Waals surface area (Å²) >= 11 is 0. The van der Waals surface area contributed by atoms with Crippen molar-refractivity contribution < 1.29 is 31.1 Å². The van der Waals surface area contributed by atoms with Crippen LogP contribution in [0.1, 0.15) is 36.8 Å². The summed E-state index contributed by atoms with van der Waals surface area (Å²) in [7, 11) is 0. The number of ether oxygens (including phenoxy) is 1. The van der Waals surface area contributed by atoms with Gasteiger partial charge >= 0.3 is 12.4 Å². The van der Waals surface area contributed by atoms with Crippen LogP contribution in [0.5, 0.6) is 5.75 Å². The van der Waals surface area contributed by atoms with Crippen LogP contribution in [0, 0.1) is 5.92 Å². The molecule has 0 spiro atoms. The number of hydrogen-bond acceptors (Lipinski definition) is 2. The summed E-state index contributed by atoms with van der Waals surface area (Å²) in [5.74, 6) is -1.75. The third kappa shape index (κ3) is 4.31. The second-order valence-electron chi connectivity index (χ2n) is 6.83. The summed E-state index contributed by atoms with van der Waals surface area (Å²) in [5, 5.41) is 0.375. The van der Waals surface area contributed by atoms with Gasteiger partial charge in [-0.15, -0.1) is 0 Å². The van der Waals surface area contributed by atoms with Crippen molar-refractivity contribution in [1.82, 2.24) is 0 Å². The van der Waals surface area contributed by atoms with Crippen LogP contribution in [-0.4, -0.2) is 12.3 Å². The van der Waals surface area contributed by atoms with E-state index >= 15 is 0 Å². The molecule has 2 nitrogen and oxygen atoms in total. The highest BCUT2D eigenvalue weighted by Gasteiger charge is 2.42. The van der Waals surface area contributed by atoms with Crippen LogP contribution >= 0.6 is 0 Å². The molecule has 0 radical (unpaired) electrons. The van der Waals surface area contributed by atoms with E-state index in [1.807, 2.05) is 0 Å². The molecule has 1 aliphatic carbocycles. The average molecular weight is 391 g/mol. The standard InChI is InChI=1S/C19H19F6NO/c20-18(21,22)13-3-5-14(6-4-13)27-16-8-2-12-9-11(10-26)1-7-15(12)17(16)19(23,24)25/h1-2,7-9,13-14H,3-6,10,26H2. The molecule has 1 fully saturated rings. The summed E-state index contributed by atoms with van der Waals surface area (Å²) in [6.45, 7) is 0.206. The van der Waals surface area contributed by atoms with Crippen LogP contribution in [0.2, 0.25) is 0 Å². The summed E-state index contributed by atoms with van der Waals surface area (Å²) in [6, 6.07) is 7.22. The van der Waals surface area contributed by atoms with Crippen LogP contribution in [0.4, 0.5) is 26.3 Å². The van der Waals surface area contributed by atoms with Gasteiger partial charge < -0.3 is 10.5 Å². The van der Waals surface area contributed by atoms with Crippen molar-refractivity contribution in [2.24, 2.45) is 11.7 Å². The molecule has 0 amide bonds. The third-order valence-corrected chi connectivity index (χ3v) is 5.00. The number of alkyl halides is 6. The molecule has 0 aliphatic heterocycles. The Morgan fingerprint density at radius 3 is 2.15 bits per heavy atom. The highest BCUT2D eigenvalue weighted by molar-refractivity contribution is 5.89. The van der Waals surface area contributed by atoms with Gasteiger partial charge in [-0.3, -0.25) is 0 Å². The number of benzene rings is 2. The molecule has 0 heterocycles. The van der Waals surface area contributed by atoms with E-state index in [1.165, 1.54) is 24.3 Å². The molecule has 27 heavy (non-hydrogen) atoms. The lowest BCUT2D eigenvalue weighted by molar-refractivity contribution is -0.185. The fraction of sp³-hybridized carbons (Fsp3) is 0.474. The van der Waals surface area contributed by atoms with Gasteiger partial charge in [-0.05, 0) is 54.2 Å². The Kier molecular flexibility index (Phi) is 5.29. The zero-order valence-corrected chi connectivity index (χ0v) is 14.3. The lowest BCUT2D eigenvalue weighted by Gasteiger charge is -2.31. The predicted molar refractivity (Wildman–Crippen MR) is 89.3 cm³/mol. The number of fused-ring (bicyclic) bond motifs is 1. The van der Waals surface area contributed by atoms with E-state index in [2.05, 4.69) is 0 Å². The minimum Gasteiger partial charge on any atom is -0.490 e. The molecule has 0 aromatic heterocycles. The molecule has 2 aromatic carbocycles. The summed E-state index contributed by atoms with van der Waals surface area (Å²) in [4.78, 5) is 0. The molecule has 8 heteroatoms. The Balaban J connectivity index is 1.89. The fourth-order valence-electron chi connectivity index (χ4n) is 3.56. The minimum absolute atomic E-state index is 0.0128. The van der Waals surface area contributed by atoms with Crippen molar-refractivity contribution in [3.63, 3.8) is 0 Å². The molecule has 2 N–H and O–H groups in total. The number of nitrogens with two attached hydrogens (primary N) is 1. The van der Waals surface area contributed by atoms with E-state index in [4.69, 9.17) is 10.5 Å². The van der Waals surface area contributed by atoms with Gasteiger partial charge in [0.25, 0.3) is 0 Å². The molecule has 3 rings (SSSR count). The third-order valence-electron chi connectivity index (χ3n) is 5.00. The number of hydrogen-bond donors (Lipinski definition) is 1. The monoisotopic (exact) mass is 391 g/mol. The lowest BCUT2D eigenvalue weighted by atomic mass is 9.87. The van der Waals surface area contributed by atoms with Crippen molar-refractivity contribution in [2.45, 2.75) is 50.7 Å². The summed E-state index contributed by atoms with van der Waals surface area (Å²) in [5.41, 5.74) is 5.34. The highest BCUT2D eigenvalue weighted by atomic mass is 19.4. The van der Waals surface area contributed by atoms with Crippen LogP contribution in [-0.2, 0) is 12.7 Å². The van der Waals surface area contributed by atoms with Crippen LogP contribution < -0.4 is 10.5 Å². The number of rotatable bonds is 3. The first-order valence-electron chi connectivity index (χ1n) is 8.66. The van der Waals surface area contributed by atoms with Gasteiger partial charge in [0.15, 0.2) is 0 Å². The van der Waals surface area contributed by atoms with Crippen LogP contribution in [0.15, 0.2) is 30.3 Å². The Morgan fingerprint density at radius 1 is 0.926 bits per heavy atom. The topological polar surface area (TPSA) is 35.2 Å². The molecule has 1 saturated carbocycles. The van der Waals surface area contributed by atoms with E-state index in [0.717, 1.165) is 0 Å². The van der Waals surface area contributed by atoms with Gasteiger partial charge in [0.2, 0.25) is 0 Å².